The zero-order valence-corrected chi connectivity index (χ0v) is 21.8. The van der Waals surface area contributed by atoms with Crippen LogP contribution >= 0.6 is 11.6 Å². The molecule has 0 saturated carbocycles. The molecule has 0 aromatic carbocycles. The van der Waals surface area contributed by atoms with E-state index in [-0.39, 0.29) is 47.0 Å². The van der Waals surface area contributed by atoms with Gasteiger partial charge in [0.2, 0.25) is 0 Å². The predicted molar refractivity (Wildman–Crippen MR) is 135 cm³/mol. The van der Waals surface area contributed by atoms with Crippen LogP contribution in [0.4, 0.5) is 16.2 Å². The molecule has 0 unspecified atom stereocenters. The first-order valence-electron chi connectivity index (χ1n) is 11.1. The van der Waals surface area contributed by atoms with E-state index in [1.807, 2.05) is 0 Å². The lowest BCUT2D eigenvalue weighted by Crippen LogP contribution is -2.36. The third-order valence-electron chi connectivity index (χ3n) is 4.96. The van der Waals surface area contributed by atoms with Crippen molar-refractivity contribution in [3.05, 3.63) is 51.3 Å². The summed E-state index contributed by atoms with van der Waals surface area (Å²) in [4.78, 5) is 42.7. The van der Waals surface area contributed by atoms with Crippen LogP contribution in [0.2, 0.25) is 5.15 Å². The van der Waals surface area contributed by atoms with E-state index in [4.69, 9.17) is 26.8 Å². The van der Waals surface area contributed by atoms with Crippen molar-refractivity contribution in [2.75, 3.05) is 24.3 Å². The van der Waals surface area contributed by atoms with Crippen molar-refractivity contribution in [2.24, 2.45) is 7.05 Å². The van der Waals surface area contributed by atoms with Gasteiger partial charge in [-0.1, -0.05) is 11.6 Å². The molecule has 13 heteroatoms. The number of aromatic nitrogens is 4. The van der Waals surface area contributed by atoms with E-state index in [2.05, 4.69) is 15.4 Å². The fraction of sp³-hybridized carbons (Fsp3) is 0.435. The van der Waals surface area contributed by atoms with E-state index in [1.54, 1.807) is 47.0 Å². The quantitative estimate of drug-likeness (QED) is 0.483. The predicted octanol–water partition coefficient (Wildman–Crippen LogP) is 2.37. The molecule has 0 fully saturated rings. The molecule has 0 aliphatic rings. The van der Waals surface area contributed by atoms with Gasteiger partial charge in [-0.25, -0.2) is 14.3 Å². The SMILES string of the molecule is C[C@H](COCc1cc(N)c(=O)n(C)c1)NC(=O)c1cnc2c(N(C)C(=O)OC(C)(C)C)cc(Cl)nn12. The van der Waals surface area contributed by atoms with Gasteiger partial charge in [0.05, 0.1) is 30.8 Å². The number of nitrogens with one attached hydrogen (secondary N) is 1. The molecule has 0 saturated heterocycles. The molecule has 3 heterocycles. The lowest BCUT2D eigenvalue weighted by molar-refractivity contribution is 0.0589. The Labute approximate surface area is 212 Å². The molecular formula is C23H30ClN7O5. The Morgan fingerprint density at radius 2 is 2.00 bits per heavy atom. The Morgan fingerprint density at radius 3 is 2.64 bits per heavy atom. The molecule has 3 aromatic heterocycles. The zero-order chi connectivity index (χ0) is 26.8. The average molecular weight is 520 g/mol. The summed E-state index contributed by atoms with van der Waals surface area (Å²) in [5, 5.41) is 7.06. The van der Waals surface area contributed by atoms with Crippen LogP contribution in [0.25, 0.3) is 5.65 Å². The highest BCUT2D eigenvalue weighted by molar-refractivity contribution is 6.29. The molecule has 3 N–H and O–H groups in total. The van der Waals surface area contributed by atoms with Gasteiger partial charge in [-0.2, -0.15) is 5.10 Å². The fourth-order valence-corrected chi connectivity index (χ4v) is 3.51. The van der Waals surface area contributed by atoms with Crippen molar-refractivity contribution in [1.82, 2.24) is 24.5 Å². The monoisotopic (exact) mass is 519 g/mol. The molecule has 1 atom stereocenters. The summed E-state index contributed by atoms with van der Waals surface area (Å²) in [5.41, 5.74) is 6.32. The Bertz CT molecular complexity index is 1320. The van der Waals surface area contributed by atoms with E-state index in [9.17, 15) is 14.4 Å². The molecule has 194 valence electrons. The van der Waals surface area contributed by atoms with E-state index >= 15 is 0 Å². The number of amides is 2. The lowest BCUT2D eigenvalue weighted by atomic mass is 10.2. The Morgan fingerprint density at radius 1 is 1.31 bits per heavy atom. The maximum absolute atomic E-state index is 12.9. The highest BCUT2D eigenvalue weighted by Gasteiger charge is 2.25. The van der Waals surface area contributed by atoms with Gasteiger partial charge in [0.15, 0.2) is 16.5 Å². The standard InChI is InChI=1S/C23H30ClN7O5/c1-13(11-35-12-14-7-15(25)21(33)29(5)10-14)27-20(32)17-9-26-19-16(8-18(24)28-31(17)19)30(6)22(34)36-23(2,3)4/h7-10,13H,11-12,25H2,1-6H3,(H,27,32)/t13-/m1/s1. The highest BCUT2D eigenvalue weighted by Crippen LogP contribution is 2.25. The number of hydrogen-bond acceptors (Lipinski definition) is 8. The Kier molecular flexibility index (Phi) is 7.89. The largest absolute Gasteiger partial charge is 0.443 e. The number of anilines is 2. The van der Waals surface area contributed by atoms with Gasteiger partial charge in [-0.05, 0) is 39.3 Å². The van der Waals surface area contributed by atoms with Crippen molar-refractivity contribution in [1.29, 1.82) is 0 Å². The number of carbonyl (C=O) groups excluding carboxylic acids is 2. The number of nitrogen functional groups attached to an aromatic ring is 1. The van der Waals surface area contributed by atoms with Crippen LogP contribution in [-0.2, 0) is 23.1 Å². The van der Waals surface area contributed by atoms with E-state index in [1.165, 1.54) is 33.3 Å². The second-order valence-electron chi connectivity index (χ2n) is 9.38. The topological polar surface area (TPSA) is 146 Å². The molecule has 2 amide bonds. The number of hydrogen-bond donors (Lipinski definition) is 2. The van der Waals surface area contributed by atoms with Crippen LogP contribution < -0.4 is 21.5 Å². The molecule has 12 nitrogen and oxygen atoms in total. The smallest absolute Gasteiger partial charge is 0.414 e. The number of ether oxygens (including phenoxy) is 2. The van der Waals surface area contributed by atoms with Gasteiger partial charge in [0.25, 0.3) is 11.5 Å². The van der Waals surface area contributed by atoms with Gasteiger partial charge in [-0.3, -0.25) is 14.5 Å². The second kappa shape index (κ2) is 10.5. The number of aryl methyl sites for hydroxylation is 1. The summed E-state index contributed by atoms with van der Waals surface area (Å²) in [6.45, 7) is 7.47. The van der Waals surface area contributed by atoms with Gasteiger partial charge in [0, 0.05) is 32.4 Å². The van der Waals surface area contributed by atoms with E-state index in [0.717, 1.165) is 5.56 Å². The van der Waals surface area contributed by atoms with Crippen molar-refractivity contribution >= 4 is 40.6 Å². The first kappa shape index (κ1) is 27.0. The minimum Gasteiger partial charge on any atom is -0.443 e. The Hall–Kier alpha value is -3.64. The number of imidazole rings is 1. The first-order valence-corrected chi connectivity index (χ1v) is 11.5. The van der Waals surface area contributed by atoms with Crippen molar-refractivity contribution in [3.63, 3.8) is 0 Å². The van der Waals surface area contributed by atoms with Gasteiger partial charge in [0.1, 0.15) is 5.60 Å². The third-order valence-corrected chi connectivity index (χ3v) is 5.15. The summed E-state index contributed by atoms with van der Waals surface area (Å²) in [6.07, 6.45) is 2.38. The highest BCUT2D eigenvalue weighted by atomic mass is 35.5. The van der Waals surface area contributed by atoms with Crippen LogP contribution in [0.3, 0.4) is 0 Å². The maximum Gasteiger partial charge on any atom is 0.414 e. The normalized spacial score (nSPS) is 12.4. The number of nitrogens with zero attached hydrogens (tertiary/aromatic N) is 5. The Balaban J connectivity index is 1.70. The van der Waals surface area contributed by atoms with Crippen molar-refractivity contribution in [3.8, 4) is 0 Å². The van der Waals surface area contributed by atoms with Crippen LogP contribution in [0, 0.1) is 0 Å². The molecule has 0 bridgehead atoms. The number of fused-ring (bicyclic) bond motifs is 1. The summed E-state index contributed by atoms with van der Waals surface area (Å²) in [7, 11) is 3.13. The summed E-state index contributed by atoms with van der Waals surface area (Å²) in [6, 6.07) is 2.67. The molecular weight excluding hydrogens is 490 g/mol. The molecule has 36 heavy (non-hydrogen) atoms. The number of nitrogens with two attached hydrogens (primary N) is 1. The van der Waals surface area contributed by atoms with Crippen molar-refractivity contribution < 1.29 is 19.1 Å². The molecule has 3 aromatic rings. The average Bonchev–Trinajstić information content (AvgIpc) is 3.19. The van der Waals surface area contributed by atoms with Crippen LogP contribution in [0.5, 0.6) is 0 Å². The first-order chi connectivity index (χ1) is 16.8. The lowest BCUT2D eigenvalue weighted by Gasteiger charge is -2.24. The number of rotatable bonds is 7. The molecule has 0 radical (unpaired) electrons. The van der Waals surface area contributed by atoms with Crippen LogP contribution in [-0.4, -0.2) is 56.5 Å². The number of halogens is 1. The maximum atomic E-state index is 12.9. The third kappa shape index (κ3) is 6.32. The summed E-state index contributed by atoms with van der Waals surface area (Å²) < 4.78 is 13.7. The molecule has 0 spiro atoms. The summed E-state index contributed by atoms with van der Waals surface area (Å²) >= 11 is 6.18. The van der Waals surface area contributed by atoms with Gasteiger partial charge >= 0.3 is 6.09 Å². The number of carbonyl (C=O) groups is 2. The van der Waals surface area contributed by atoms with E-state index in [0.29, 0.717) is 5.69 Å². The minimum atomic E-state index is -0.694. The molecule has 0 aliphatic heterocycles. The molecule has 3 rings (SSSR count). The van der Waals surface area contributed by atoms with E-state index < -0.39 is 17.6 Å². The van der Waals surface area contributed by atoms with Gasteiger partial charge < -0.3 is 25.1 Å². The van der Waals surface area contributed by atoms with Crippen LogP contribution in [0.1, 0.15) is 43.7 Å². The van der Waals surface area contributed by atoms with Crippen LogP contribution in [0.15, 0.2) is 29.3 Å². The fourth-order valence-electron chi connectivity index (χ4n) is 3.34. The zero-order valence-electron chi connectivity index (χ0n) is 21.0. The number of pyridine rings is 1. The second-order valence-corrected chi connectivity index (χ2v) is 9.77. The van der Waals surface area contributed by atoms with Crippen molar-refractivity contribution in [2.45, 2.75) is 45.9 Å². The van der Waals surface area contributed by atoms with Gasteiger partial charge in [-0.15, -0.1) is 0 Å². The molecule has 0 aliphatic carbocycles. The minimum absolute atomic E-state index is 0.0628. The summed E-state index contributed by atoms with van der Waals surface area (Å²) in [5.74, 6) is -0.453.